The van der Waals surface area contributed by atoms with Gasteiger partial charge in [-0.05, 0) is 41.5 Å². The SMILES string of the molecule is CC(C)(C)OC(=O)N1CCN(C(=O)C[N+]2(CC(=O)N3CCN(C(=O)OC(C)(C)C)CC3)CCC(=O)NCCC2=O)CC1. The molecule has 3 fully saturated rings. The van der Waals surface area contributed by atoms with Crippen LogP contribution < -0.4 is 5.32 Å². The van der Waals surface area contributed by atoms with Crippen molar-refractivity contribution in [2.45, 2.75) is 65.6 Å². The fourth-order valence-corrected chi connectivity index (χ4v) is 5.11. The standard InChI is InChI=1S/C28H46N6O8/c1-27(2,3)41-25(39)32-14-10-30(11-15-32)22(36)19-34(18-8-21(35)29-9-7-24(34)38)20-23(37)31-12-16-33(17-13-31)26(40)42-28(4,5)6/h7-20H2,1-6H3/p+1. The van der Waals surface area contributed by atoms with Gasteiger partial charge in [0.05, 0.1) is 19.4 Å². The lowest BCUT2D eigenvalue weighted by Gasteiger charge is -2.41. The summed E-state index contributed by atoms with van der Waals surface area (Å²) in [6, 6.07) is 0. The number of piperazine rings is 2. The van der Waals surface area contributed by atoms with Crippen molar-refractivity contribution in [2.75, 3.05) is 78.5 Å². The first-order valence-corrected chi connectivity index (χ1v) is 14.7. The molecule has 0 aliphatic carbocycles. The third kappa shape index (κ3) is 9.30. The van der Waals surface area contributed by atoms with Gasteiger partial charge < -0.3 is 34.4 Å². The molecule has 14 nitrogen and oxygen atoms in total. The molecule has 1 N–H and O–H groups in total. The van der Waals surface area contributed by atoms with Crippen LogP contribution in [0.5, 0.6) is 0 Å². The molecule has 0 saturated carbocycles. The van der Waals surface area contributed by atoms with E-state index in [9.17, 15) is 28.8 Å². The lowest BCUT2D eigenvalue weighted by atomic mass is 10.1. The zero-order valence-electron chi connectivity index (χ0n) is 25.9. The summed E-state index contributed by atoms with van der Waals surface area (Å²) in [6.07, 6.45) is -0.878. The molecule has 0 aromatic heterocycles. The van der Waals surface area contributed by atoms with Crippen molar-refractivity contribution < 1.29 is 42.7 Å². The van der Waals surface area contributed by atoms with Crippen molar-refractivity contribution in [3.8, 4) is 0 Å². The molecule has 3 rings (SSSR count). The van der Waals surface area contributed by atoms with Crippen molar-refractivity contribution in [1.82, 2.24) is 24.9 Å². The minimum Gasteiger partial charge on any atom is -0.444 e. The highest BCUT2D eigenvalue weighted by atomic mass is 16.6. The fourth-order valence-electron chi connectivity index (χ4n) is 5.11. The van der Waals surface area contributed by atoms with E-state index < -0.39 is 27.9 Å². The van der Waals surface area contributed by atoms with Crippen molar-refractivity contribution in [3.05, 3.63) is 0 Å². The zero-order chi connectivity index (χ0) is 31.3. The molecule has 0 radical (unpaired) electrons. The van der Waals surface area contributed by atoms with Crippen LogP contribution >= 0.6 is 0 Å². The number of hydrogen-bond donors (Lipinski definition) is 1. The number of ether oxygens (including phenoxy) is 2. The molecule has 3 heterocycles. The van der Waals surface area contributed by atoms with E-state index in [0.29, 0.717) is 0 Å². The molecule has 0 bridgehead atoms. The van der Waals surface area contributed by atoms with Crippen LogP contribution in [0.1, 0.15) is 54.4 Å². The quantitative estimate of drug-likeness (QED) is 0.460. The largest absolute Gasteiger partial charge is 0.444 e. The van der Waals surface area contributed by atoms with Crippen LogP contribution in [-0.4, -0.2) is 150 Å². The lowest BCUT2D eigenvalue weighted by molar-refractivity contribution is -0.839. The van der Waals surface area contributed by atoms with Gasteiger partial charge in [-0.3, -0.25) is 14.4 Å². The molecule has 6 amide bonds. The van der Waals surface area contributed by atoms with Gasteiger partial charge in [-0.2, -0.15) is 0 Å². The first kappa shape index (κ1) is 33.1. The Balaban J connectivity index is 1.67. The van der Waals surface area contributed by atoms with E-state index in [-0.39, 0.29) is 115 Å². The van der Waals surface area contributed by atoms with Crippen molar-refractivity contribution in [2.24, 2.45) is 0 Å². The molecule has 236 valence electrons. The summed E-state index contributed by atoms with van der Waals surface area (Å²) in [5.41, 5.74) is -1.26. The van der Waals surface area contributed by atoms with E-state index in [1.54, 1.807) is 61.1 Å². The summed E-state index contributed by atoms with van der Waals surface area (Å²) in [5.74, 6) is -1.13. The van der Waals surface area contributed by atoms with E-state index in [1.807, 2.05) is 0 Å². The second-order valence-electron chi connectivity index (χ2n) is 13.1. The topological polar surface area (TPSA) is 146 Å². The average Bonchev–Trinajstić information content (AvgIpc) is 2.89. The number of carbonyl (C=O) groups excluding carboxylic acids is 6. The lowest BCUT2D eigenvalue weighted by Crippen LogP contribution is -2.65. The van der Waals surface area contributed by atoms with Gasteiger partial charge in [-0.15, -0.1) is 0 Å². The van der Waals surface area contributed by atoms with Crippen LogP contribution in [0, 0.1) is 0 Å². The Hall–Kier alpha value is -3.42. The summed E-state index contributed by atoms with van der Waals surface area (Å²) < 4.78 is 10.4. The molecule has 14 heteroatoms. The van der Waals surface area contributed by atoms with Gasteiger partial charge in [0, 0.05) is 58.9 Å². The molecular weight excluding hydrogens is 548 g/mol. The summed E-state index contributed by atoms with van der Waals surface area (Å²) >= 11 is 0. The predicted octanol–water partition coefficient (Wildman–Crippen LogP) is 0.398. The number of rotatable bonds is 4. The summed E-state index contributed by atoms with van der Waals surface area (Å²) in [5, 5.41) is 2.69. The molecule has 0 spiro atoms. The maximum Gasteiger partial charge on any atom is 0.410 e. The Kier molecular flexibility index (Phi) is 10.4. The maximum absolute atomic E-state index is 13.5. The molecular formula is C28H47N6O8+. The van der Waals surface area contributed by atoms with Crippen LogP contribution in [-0.2, 0) is 28.7 Å². The summed E-state index contributed by atoms with van der Waals surface area (Å²) in [7, 11) is 0. The van der Waals surface area contributed by atoms with Crippen LogP contribution in [0.4, 0.5) is 9.59 Å². The third-order valence-electron chi connectivity index (χ3n) is 7.40. The Morgan fingerprint density at radius 1 is 0.667 bits per heavy atom. The van der Waals surface area contributed by atoms with E-state index in [1.165, 1.54) is 0 Å². The van der Waals surface area contributed by atoms with E-state index >= 15 is 0 Å². The van der Waals surface area contributed by atoms with Gasteiger partial charge in [0.15, 0.2) is 13.1 Å². The zero-order valence-corrected chi connectivity index (χ0v) is 25.9. The smallest absolute Gasteiger partial charge is 0.410 e. The van der Waals surface area contributed by atoms with Gasteiger partial charge >= 0.3 is 18.1 Å². The second-order valence-corrected chi connectivity index (χ2v) is 13.1. The highest BCUT2D eigenvalue weighted by Crippen LogP contribution is 2.19. The predicted molar refractivity (Wildman–Crippen MR) is 151 cm³/mol. The molecule has 0 aromatic rings. The van der Waals surface area contributed by atoms with Gasteiger partial charge in [0.1, 0.15) is 11.2 Å². The van der Waals surface area contributed by atoms with Crippen LogP contribution in [0.25, 0.3) is 0 Å². The molecule has 42 heavy (non-hydrogen) atoms. The van der Waals surface area contributed by atoms with Crippen LogP contribution in [0.15, 0.2) is 0 Å². The molecule has 3 aliphatic heterocycles. The Bertz CT molecular complexity index is 988. The molecule has 0 unspecified atom stereocenters. The third-order valence-corrected chi connectivity index (χ3v) is 7.40. The number of carbonyl (C=O) groups is 6. The highest BCUT2D eigenvalue weighted by molar-refractivity contribution is 5.85. The molecule has 0 atom stereocenters. The van der Waals surface area contributed by atoms with E-state index in [0.717, 1.165) is 0 Å². The number of amides is 6. The van der Waals surface area contributed by atoms with E-state index in [2.05, 4.69) is 5.32 Å². The van der Waals surface area contributed by atoms with Gasteiger partial charge in [-0.25, -0.2) is 18.9 Å². The van der Waals surface area contributed by atoms with E-state index in [4.69, 9.17) is 9.47 Å². The molecule has 3 aliphatic rings. The first-order valence-electron chi connectivity index (χ1n) is 14.7. The van der Waals surface area contributed by atoms with Gasteiger partial charge in [0.2, 0.25) is 5.91 Å². The van der Waals surface area contributed by atoms with Crippen molar-refractivity contribution >= 4 is 35.8 Å². The van der Waals surface area contributed by atoms with Crippen molar-refractivity contribution in [1.29, 1.82) is 0 Å². The number of nitrogens with one attached hydrogen (secondary N) is 1. The number of nitrogens with zero attached hydrogens (tertiary/aromatic N) is 5. The number of hydrogen-bond acceptors (Lipinski definition) is 8. The van der Waals surface area contributed by atoms with Gasteiger partial charge in [-0.1, -0.05) is 0 Å². The highest BCUT2D eigenvalue weighted by Gasteiger charge is 2.44. The van der Waals surface area contributed by atoms with Crippen molar-refractivity contribution in [3.63, 3.8) is 0 Å². The number of quaternary nitrogens is 1. The normalized spacial score (nSPS) is 20.3. The Morgan fingerprint density at radius 3 is 1.43 bits per heavy atom. The molecule has 3 saturated heterocycles. The minimum atomic E-state index is -0.631. The van der Waals surface area contributed by atoms with Crippen LogP contribution in [0.3, 0.4) is 0 Å². The Morgan fingerprint density at radius 2 is 1.05 bits per heavy atom. The fraction of sp³-hybridized carbons (Fsp3) is 0.786. The summed E-state index contributed by atoms with van der Waals surface area (Å²) in [6.45, 7) is 12.6. The second kappa shape index (κ2) is 13.3. The van der Waals surface area contributed by atoms with Crippen LogP contribution in [0.2, 0.25) is 0 Å². The van der Waals surface area contributed by atoms with Gasteiger partial charge in [0.25, 0.3) is 11.8 Å². The average molecular weight is 596 g/mol. The molecule has 0 aromatic carbocycles. The Labute approximate surface area is 247 Å². The maximum atomic E-state index is 13.5. The minimum absolute atomic E-state index is 0.00510. The first-order chi connectivity index (χ1) is 19.5. The summed E-state index contributed by atoms with van der Waals surface area (Å²) in [4.78, 5) is 84.0. The monoisotopic (exact) mass is 595 g/mol.